The van der Waals surface area contributed by atoms with Crippen LogP contribution in [-0.2, 0) is 0 Å². The summed E-state index contributed by atoms with van der Waals surface area (Å²) in [6.45, 7) is 2.19. The highest BCUT2D eigenvalue weighted by atomic mass is 32.1. The molecule has 102 valence electrons. The van der Waals surface area contributed by atoms with Gasteiger partial charge in [-0.25, -0.2) is 0 Å². The third-order valence-corrected chi connectivity index (χ3v) is 5.73. The minimum absolute atomic E-state index is 0.158. The number of nitrogens with zero attached hydrogens (tertiary/aromatic N) is 1. The molecule has 0 bridgehead atoms. The van der Waals surface area contributed by atoms with Crippen LogP contribution in [-0.4, -0.2) is 24.5 Å². The first-order chi connectivity index (χ1) is 8.58. The molecule has 0 aromatic carbocycles. The summed E-state index contributed by atoms with van der Waals surface area (Å²) >= 11 is 1.82. The van der Waals surface area contributed by atoms with Crippen molar-refractivity contribution >= 4 is 11.3 Å². The van der Waals surface area contributed by atoms with E-state index < -0.39 is 0 Å². The molecule has 2 nitrogen and oxygen atoms in total. The number of thiophene rings is 1. The van der Waals surface area contributed by atoms with Gasteiger partial charge < -0.3 is 10.6 Å². The lowest BCUT2D eigenvalue weighted by Crippen LogP contribution is -2.52. The Labute approximate surface area is 115 Å². The van der Waals surface area contributed by atoms with Crippen molar-refractivity contribution in [2.75, 3.05) is 14.1 Å². The predicted octanol–water partition coefficient (Wildman–Crippen LogP) is 3.71. The molecule has 0 amide bonds. The van der Waals surface area contributed by atoms with E-state index in [-0.39, 0.29) is 11.6 Å². The van der Waals surface area contributed by atoms with E-state index >= 15 is 0 Å². The number of nitrogens with two attached hydrogens (primary N) is 1. The Morgan fingerprint density at radius 2 is 1.83 bits per heavy atom. The lowest BCUT2D eigenvalue weighted by molar-refractivity contribution is 0.0980. The molecule has 1 aromatic heterocycles. The summed E-state index contributed by atoms with van der Waals surface area (Å²) in [5.41, 5.74) is 8.21. The molecule has 2 rings (SSSR count). The number of hydrogen-bond acceptors (Lipinski definition) is 3. The maximum Gasteiger partial charge on any atom is 0.0579 e. The summed E-state index contributed by atoms with van der Waals surface area (Å²) in [6.07, 6.45) is 7.83. The van der Waals surface area contributed by atoms with Crippen molar-refractivity contribution in [3.63, 3.8) is 0 Å². The molecule has 0 spiro atoms. The third-order valence-electron chi connectivity index (χ3n) is 4.62. The lowest BCUT2D eigenvalue weighted by atomic mass is 9.80. The molecule has 2 N–H and O–H groups in total. The van der Waals surface area contributed by atoms with E-state index in [1.165, 1.54) is 49.0 Å². The standard InChI is InChI=1S/C15H26N2S/c1-12-8-11-18-13(12)14(16)15(17(2)3)9-6-4-5-7-10-15/h8,11,14H,4-7,9-10,16H2,1-3H3. The minimum Gasteiger partial charge on any atom is -0.322 e. The van der Waals surface area contributed by atoms with Crippen LogP contribution in [0.1, 0.15) is 55.0 Å². The Morgan fingerprint density at radius 1 is 1.22 bits per heavy atom. The highest BCUT2D eigenvalue weighted by Crippen LogP contribution is 2.41. The first kappa shape index (κ1) is 14.0. The second kappa shape index (κ2) is 5.72. The Kier molecular flexibility index (Phi) is 4.46. The van der Waals surface area contributed by atoms with Crippen molar-refractivity contribution in [2.45, 2.75) is 57.0 Å². The third kappa shape index (κ3) is 2.49. The minimum atomic E-state index is 0.158. The number of hydrogen-bond donors (Lipinski definition) is 1. The van der Waals surface area contributed by atoms with Crippen LogP contribution in [0.15, 0.2) is 11.4 Å². The van der Waals surface area contributed by atoms with Crippen molar-refractivity contribution in [3.05, 3.63) is 21.9 Å². The summed E-state index contributed by atoms with van der Waals surface area (Å²) in [5, 5.41) is 2.17. The second-order valence-electron chi connectivity index (χ2n) is 5.86. The molecule has 1 aliphatic rings. The molecule has 1 saturated carbocycles. The SMILES string of the molecule is Cc1ccsc1C(N)C1(N(C)C)CCCCCC1. The average Bonchev–Trinajstić information content (AvgIpc) is 2.63. The van der Waals surface area contributed by atoms with Gasteiger partial charge in [0.2, 0.25) is 0 Å². The molecule has 0 saturated heterocycles. The molecule has 1 unspecified atom stereocenters. The van der Waals surface area contributed by atoms with Crippen LogP contribution in [0.3, 0.4) is 0 Å². The number of aryl methyl sites for hydroxylation is 1. The van der Waals surface area contributed by atoms with Crippen LogP contribution in [0.5, 0.6) is 0 Å². The fourth-order valence-electron chi connectivity index (χ4n) is 3.32. The summed E-state index contributed by atoms with van der Waals surface area (Å²) in [4.78, 5) is 3.77. The molecule has 1 aliphatic carbocycles. The van der Waals surface area contributed by atoms with Gasteiger partial charge in [-0.05, 0) is 50.9 Å². The Bertz CT molecular complexity index is 376. The van der Waals surface area contributed by atoms with Gasteiger partial charge in [-0.1, -0.05) is 25.7 Å². The molecular formula is C15H26N2S. The predicted molar refractivity (Wildman–Crippen MR) is 80.1 cm³/mol. The Morgan fingerprint density at radius 3 is 2.28 bits per heavy atom. The van der Waals surface area contributed by atoms with Gasteiger partial charge >= 0.3 is 0 Å². The number of rotatable bonds is 3. The smallest absolute Gasteiger partial charge is 0.0579 e. The molecule has 0 aliphatic heterocycles. The van der Waals surface area contributed by atoms with E-state index in [0.29, 0.717) is 0 Å². The van der Waals surface area contributed by atoms with E-state index in [9.17, 15) is 0 Å². The van der Waals surface area contributed by atoms with Crippen LogP contribution >= 0.6 is 11.3 Å². The Hall–Kier alpha value is -0.380. The van der Waals surface area contributed by atoms with Crippen LogP contribution in [0.25, 0.3) is 0 Å². The van der Waals surface area contributed by atoms with Crippen LogP contribution in [0.4, 0.5) is 0 Å². The normalized spacial score (nSPS) is 21.8. The van der Waals surface area contributed by atoms with Crippen LogP contribution < -0.4 is 5.73 Å². The summed E-state index contributed by atoms with van der Waals surface area (Å²) in [5.74, 6) is 0. The summed E-state index contributed by atoms with van der Waals surface area (Å²) in [7, 11) is 4.40. The van der Waals surface area contributed by atoms with Crippen LogP contribution in [0.2, 0.25) is 0 Å². The highest BCUT2D eigenvalue weighted by molar-refractivity contribution is 7.10. The largest absolute Gasteiger partial charge is 0.322 e. The second-order valence-corrected chi connectivity index (χ2v) is 6.81. The van der Waals surface area contributed by atoms with Gasteiger partial charge in [-0.3, -0.25) is 0 Å². The zero-order chi connectivity index (χ0) is 13.2. The maximum absolute atomic E-state index is 6.69. The Balaban J connectivity index is 2.31. The van der Waals surface area contributed by atoms with Gasteiger partial charge in [0.25, 0.3) is 0 Å². The molecule has 1 fully saturated rings. The van der Waals surface area contributed by atoms with Crippen molar-refractivity contribution in [2.24, 2.45) is 5.73 Å². The molecular weight excluding hydrogens is 240 g/mol. The fraction of sp³-hybridized carbons (Fsp3) is 0.733. The van der Waals surface area contributed by atoms with Crippen molar-refractivity contribution in [3.8, 4) is 0 Å². The highest BCUT2D eigenvalue weighted by Gasteiger charge is 2.40. The van der Waals surface area contributed by atoms with Crippen molar-refractivity contribution in [1.82, 2.24) is 4.90 Å². The zero-order valence-corrected chi connectivity index (χ0v) is 12.7. The lowest BCUT2D eigenvalue weighted by Gasteiger charge is -2.44. The van der Waals surface area contributed by atoms with Gasteiger partial charge in [0.1, 0.15) is 0 Å². The van der Waals surface area contributed by atoms with Gasteiger partial charge in [0, 0.05) is 10.4 Å². The zero-order valence-electron chi connectivity index (χ0n) is 11.9. The van der Waals surface area contributed by atoms with Gasteiger partial charge in [-0.15, -0.1) is 11.3 Å². The summed E-state index contributed by atoms with van der Waals surface area (Å²) < 4.78 is 0. The van der Waals surface area contributed by atoms with Crippen LogP contribution in [0, 0.1) is 6.92 Å². The first-order valence-corrected chi connectivity index (χ1v) is 7.93. The van der Waals surface area contributed by atoms with E-state index in [2.05, 4.69) is 37.4 Å². The molecule has 18 heavy (non-hydrogen) atoms. The molecule has 0 radical (unpaired) electrons. The quantitative estimate of drug-likeness (QED) is 0.845. The first-order valence-electron chi connectivity index (χ1n) is 7.05. The monoisotopic (exact) mass is 266 g/mol. The summed E-state index contributed by atoms with van der Waals surface area (Å²) in [6, 6.07) is 2.35. The van der Waals surface area contributed by atoms with Gasteiger partial charge in [0.05, 0.1) is 6.04 Å². The fourth-order valence-corrected chi connectivity index (χ4v) is 4.36. The van der Waals surface area contributed by atoms with Gasteiger partial charge in [-0.2, -0.15) is 0 Å². The van der Waals surface area contributed by atoms with Crippen molar-refractivity contribution < 1.29 is 0 Å². The molecule has 1 aromatic rings. The maximum atomic E-state index is 6.69. The number of likely N-dealkylation sites (N-methyl/N-ethyl adjacent to an activating group) is 1. The topological polar surface area (TPSA) is 29.3 Å². The molecule has 3 heteroatoms. The van der Waals surface area contributed by atoms with E-state index in [1.807, 2.05) is 11.3 Å². The van der Waals surface area contributed by atoms with E-state index in [0.717, 1.165) is 0 Å². The molecule has 1 atom stereocenters. The average molecular weight is 266 g/mol. The van der Waals surface area contributed by atoms with Gasteiger partial charge in [0.15, 0.2) is 0 Å². The van der Waals surface area contributed by atoms with Crippen molar-refractivity contribution in [1.29, 1.82) is 0 Å². The van der Waals surface area contributed by atoms with E-state index in [4.69, 9.17) is 5.73 Å². The van der Waals surface area contributed by atoms with E-state index in [1.54, 1.807) is 0 Å². The molecule has 1 heterocycles.